The van der Waals surface area contributed by atoms with E-state index in [2.05, 4.69) is 43.2 Å². The predicted molar refractivity (Wildman–Crippen MR) is 124 cm³/mol. The van der Waals surface area contributed by atoms with Crippen molar-refractivity contribution in [3.8, 4) is 0 Å². The lowest BCUT2D eigenvalue weighted by Gasteiger charge is -2.12. The van der Waals surface area contributed by atoms with E-state index < -0.39 is 0 Å². The first-order valence-corrected chi connectivity index (χ1v) is 10.3. The quantitative estimate of drug-likeness (QED) is 0.280. The van der Waals surface area contributed by atoms with Gasteiger partial charge in [0.1, 0.15) is 10.3 Å². The van der Waals surface area contributed by atoms with Gasteiger partial charge in [-0.1, -0.05) is 58.5 Å². The van der Waals surface area contributed by atoms with Gasteiger partial charge >= 0.3 is 0 Å². The van der Waals surface area contributed by atoms with Crippen LogP contribution in [0.3, 0.4) is 0 Å². The topological polar surface area (TPSA) is 66.9 Å². The van der Waals surface area contributed by atoms with Crippen LogP contribution in [0.25, 0.3) is 0 Å². The number of pyridine rings is 2. The second-order valence-electron chi connectivity index (χ2n) is 5.16. The summed E-state index contributed by atoms with van der Waals surface area (Å²) in [7, 11) is 1.58. The number of carbonyl (C=O) groups excluding carboxylic acids is 1. The maximum absolute atomic E-state index is 11.8. The Bertz CT molecular complexity index is 988. The molecule has 0 aliphatic carbocycles. The molecule has 0 radical (unpaired) electrons. The van der Waals surface area contributed by atoms with E-state index in [1.165, 1.54) is 12.4 Å². The zero-order valence-electron chi connectivity index (χ0n) is 14.3. The molecule has 0 spiro atoms. The van der Waals surface area contributed by atoms with Gasteiger partial charge in [-0.25, -0.2) is 9.97 Å². The molecule has 10 heteroatoms. The highest BCUT2D eigenvalue weighted by Gasteiger charge is 2.11. The molecule has 2 heterocycles. The van der Waals surface area contributed by atoms with Crippen LogP contribution >= 0.6 is 69.0 Å². The molecule has 0 aliphatic rings. The lowest BCUT2D eigenvalue weighted by molar-refractivity contribution is 0.0964. The lowest BCUT2D eigenvalue weighted by atomic mass is 10.1. The van der Waals surface area contributed by atoms with Gasteiger partial charge in [0.05, 0.1) is 27.0 Å². The number of halogens is 5. The molecule has 1 aromatic carbocycles. The van der Waals surface area contributed by atoms with Gasteiger partial charge in [0.15, 0.2) is 0 Å². The Labute approximate surface area is 195 Å². The molecule has 0 fully saturated rings. The summed E-state index contributed by atoms with van der Waals surface area (Å²) in [6.07, 6.45) is 2.99. The van der Waals surface area contributed by atoms with E-state index in [4.69, 9.17) is 46.4 Å². The zero-order valence-corrected chi connectivity index (χ0v) is 19.5. The Morgan fingerprint density at radius 1 is 0.929 bits per heavy atom. The highest BCUT2D eigenvalue weighted by Crippen LogP contribution is 2.28. The second kappa shape index (κ2) is 11.0. The molecular weight excluding hydrogens is 557 g/mol. The first kappa shape index (κ1) is 23.0. The van der Waals surface area contributed by atoms with Gasteiger partial charge in [0.25, 0.3) is 5.91 Å². The predicted octanol–water partition coefficient (Wildman–Crippen LogP) is 6.48. The SMILES string of the molecule is CNC(=O)c1ccccc1Nc1cc(Cl)ncc1Cl.Clc1cc(I)c(Cl)cn1. The Morgan fingerprint density at radius 3 is 2.14 bits per heavy atom. The van der Waals surface area contributed by atoms with Crippen molar-refractivity contribution in [2.75, 3.05) is 12.4 Å². The molecule has 0 unspecified atom stereocenters. The van der Waals surface area contributed by atoms with E-state index in [0.29, 0.717) is 37.3 Å². The molecule has 2 aromatic heterocycles. The fourth-order valence-corrected chi connectivity index (χ4v) is 3.16. The first-order valence-electron chi connectivity index (χ1n) is 7.67. The third kappa shape index (κ3) is 6.63. The monoisotopic (exact) mass is 568 g/mol. The fourth-order valence-electron chi connectivity index (χ4n) is 1.97. The van der Waals surface area contributed by atoms with Crippen LogP contribution in [0.5, 0.6) is 0 Å². The summed E-state index contributed by atoms with van der Waals surface area (Å²) in [6.45, 7) is 0. The average Bonchev–Trinajstić information content (AvgIpc) is 2.68. The van der Waals surface area contributed by atoms with E-state index in [1.807, 2.05) is 6.07 Å². The van der Waals surface area contributed by atoms with Crippen LogP contribution in [-0.2, 0) is 0 Å². The van der Waals surface area contributed by atoms with Crippen molar-refractivity contribution in [2.24, 2.45) is 0 Å². The highest BCUT2D eigenvalue weighted by atomic mass is 127. The Morgan fingerprint density at radius 2 is 1.54 bits per heavy atom. The first-order chi connectivity index (χ1) is 13.3. The summed E-state index contributed by atoms with van der Waals surface area (Å²) in [4.78, 5) is 19.4. The molecule has 3 aromatic rings. The largest absolute Gasteiger partial charge is 0.355 e. The number of aromatic nitrogens is 2. The van der Waals surface area contributed by atoms with Gasteiger partial charge in [0.2, 0.25) is 0 Å². The average molecular weight is 570 g/mol. The number of carbonyl (C=O) groups is 1. The van der Waals surface area contributed by atoms with Crippen LogP contribution in [0.15, 0.2) is 48.8 Å². The summed E-state index contributed by atoms with van der Waals surface area (Å²) < 4.78 is 0.925. The standard InChI is InChI=1S/C13H11Cl2N3O.C5H2Cl2IN/c1-16-13(19)8-4-2-3-5-10(8)18-11-6-12(15)17-7-9(11)14;6-3-2-9-5(7)1-4(3)8/h2-7H,1H3,(H,16,19)(H,17,18);1-2H. The van der Waals surface area contributed by atoms with E-state index in [0.717, 1.165) is 3.57 Å². The van der Waals surface area contributed by atoms with E-state index >= 15 is 0 Å². The van der Waals surface area contributed by atoms with Crippen LogP contribution in [-0.4, -0.2) is 22.9 Å². The molecule has 0 aliphatic heterocycles. The van der Waals surface area contributed by atoms with Crippen molar-refractivity contribution >= 4 is 86.3 Å². The van der Waals surface area contributed by atoms with Gasteiger partial charge in [-0.3, -0.25) is 4.79 Å². The fraction of sp³-hybridized carbons (Fsp3) is 0.0556. The molecular formula is C18H13Cl4IN4O. The normalized spacial score (nSPS) is 9.93. The second-order valence-corrected chi connectivity index (χ2v) is 7.91. The van der Waals surface area contributed by atoms with Gasteiger partial charge in [-0.15, -0.1) is 0 Å². The maximum atomic E-state index is 11.8. The minimum Gasteiger partial charge on any atom is -0.355 e. The van der Waals surface area contributed by atoms with Crippen molar-refractivity contribution < 1.29 is 4.79 Å². The number of para-hydroxylation sites is 1. The third-order valence-corrected chi connectivity index (χ3v) is 5.49. The minimum absolute atomic E-state index is 0.181. The van der Waals surface area contributed by atoms with Crippen molar-refractivity contribution in [3.63, 3.8) is 0 Å². The number of amides is 1. The van der Waals surface area contributed by atoms with Crippen molar-refractivity contribution in [2.45, 2.75) is 0 Å². The molecule has 3 rings (SSSR count). The molecule has 0 bridgehead atoms. The number of hydrogen-bond donors (Lipinski definition) is 2. The number of rotatable bonds is 3. The Balaban J connectivity index is 0.000000261. The molecule has 0 atom stereocenters. The van der Waals surface area contributed by atoms with Gasteiger partial charge < -0.3 is 10.6 Å². The summed E-state index contributed by atoms with van der Waals surface area (Å²) >= 11 is 25.1. The number of anilines is 2. The van der Waals surface area contributed by atoms with E-state index in [9.17, 15) is 4.79 Å². The Hall–Kier alpha value is -1.32. The lowest BCUT2D eigenvalue weighted by Crippen LogP contribution is -2.19. The maximum Gasteiger partial charge on any atom is 0.253 e. The molecule has 1 amide bonds. The van der Waals surface area contributed by atoms with Gasteiger partial charge in [-0.2, -0.15) is 0 Å². The van der Waals surface area contributed by atoms with E-state index in [1.54, 1.807) is 37.4 Å². The van der Waals surface area contributed by atoms with Crippen molar-refractivity contribution in [3.05, 3.63) is 78.3 Å². The van der Waals surface area contributed by atoms with Crippen LogP contribution in [0.1, 0.15) is 10.4 Å². The summed E-state index contributed by atoms with van der Waals surface area (Å²) in [5.74, 6) is -0.181. The molecule has 5 nitrogen and oxygen atoms in total. The van der Waals surface area contributed by atoms with Crippen LogP contribution in [0, 0.1) is 3.57 Å². The highest BCUT2D eigenvalue weighted by molar-refractivity contribution is 14.1. The van der Waals surface area contributed by atoms with E-state index in [-0.39, 0.29) is 5.91 Å². The number of nitrogens with one attached hydrogen (secondary N) is 2. The van der Waals surface area contributed by atoms with Gasteiger partial charge in [-0.05, 0) is 40.8 Å². The smallest absolute Gasteiger partial charge is 0.253 e. The third-order valence-electron chi connectivity index (χ3n) is 3.27. The number of nitrogens with zero attached hydrogens (tertiary/aromatic N) is 2. The number of benzene rings is 1. The molecule has 146 valence electrons. The van der Waals surface area contributed by atoms with Crippen LogP contribution in [0.2, 0.25) is 20.4 Å². The zero-order chi connectivity index (χ0) is 20.7. The van der Waals surface area contributed by atoms with Crippen molar-refractivity contribution in [1.82, 2.24) is 15.3 Å². The summed E-state index contributed by atoms with van der Waals surface area (Å²) in [5, 5.41) is 7.53. The molecule has 28 heavy (non-hydrogen) atoms. The summed E-state index contributed by atoms with van der Waals surface area (Å²) in [5.41, 5.74) is 1.76. The summed E-state index contributed by atoms with van der Waals surface area (Å²) in [6, 6.07) is 10.4. The molecule has 0 saturated carbocycles. The Kier molecular flexibility index (Phi) is 9.04. The van der Waals surface area contributed by atoms with Gasteiger partial charge in [0, 0.05) is 29.1 Å². The van der Waals surface area contributed by atoms with Crippen LogP contribution in [0.4, 0.5) is 11.4 Å². The van der Waals surface area contributed by atoms with Crippen molar-refractivity contribution in [1.29, 1.82) is 0 Å². The number of hydrogen-bond acceptors (Lipinski definition) is 4. The minimum atomic E-state index is -0.181. The van der Waals surface area contributed by atoms with Crippen LogP contribution < -0.4 is 10.6 Å². The molecule has 2 N–H and O–H groups in total. The molecule has 0 saturated heterocycles.